The van der Waals surface area contributed by atoms with E-state index in [1.165, 1.54) is 10.9 Å². The van der Waals surface area contributed by atoms with Gasteiger partial charge in [-0.1, -0.05) is 18.2 Å². The zero-order chi connectivity index (χ0) is 21.9. The highest BCUT2D eigenvalue weighted by Crippen LogP contribution is 2.17. The topological polar surface area (TPSA) is 87.7 Å². The van der Waals surface area contributed by atoms with E-state index in [1.807, 2.05) is 0 Å². The molecule has 0 bridgehead atoms. The lowest BCUT2D eigenvalue weighted by molar-refractivity contribution is -0.123. The maximum absolute atomic E-state index is 11.3. The fraction of sp³-hybridized carbons (Fsp3) is 0.583. The molecule has 0 saturated carbocycles. The van der Waals surface area contributed by atoms with Crippen LogP contribution in [0.2, 0.25) is 0 Å². The first kappa shape index (κ1) is 23.1. The van der Waals surface area contributed by atoms with Crippen LogP contribution in [-0.4, -0.2) is 60.6 Å². The third-order valence-electron chi connectivity index (χ3n) is 6.04. The zero-order valence-corrected chi connectivity index (χ0v) is 18.9. The molecule has 0 aliphatic carbocycles. The smallest absolute Gasteiger partial charge is 0.220 e. The van der Waals surface area contributed by atoms with Gasteiger partial charge >= 0.3 is 0 Å². The van der Waals surface area contributed by atoms with E-state index in [0.29, 0.717) is 0 Å². The minimum atomic E-state index is -0.138. The molecule has 0 atom stereocenters. The number of benzene rings is 1. The Hall–Kier alpha value is -2.54. The number of hydrogen-bond acceptors (Lipinski definition) is 3. The highest BCUT2D eigenvalue weighted by molar-refractivity contribution is 5.80. The molecule has 1 fully saturated rings. The van der Waals surface area contributed by atoms with Crippen LogP contribution in [0.25, 0.3) is 10.9 Å². The second-order valence-electron chi connectivity index (χ2n) is 8.33. The number of aliphatic imine (C=N–C) groups is 1. The highest BCUT2D eigenvalue weighted by atomic mass is 16.1. The molecule has 31 heavy (non-hydrogen) atoms. The Labute approximate surface area is 186 Å². The summed E-state index contributed by atoms with van der Waals surface area (Å²) in [6.07, 6.45) is 7.24. The molecule has 1 aliphatic heterocycles. The average molecular weight is 427 g/mol. The van der Waals surface area contributed by atoms with E-state index in [4.69, 9.17) is 10.7 Å². The van der Waals surface area contributed by atoms with Gasteiger partial charge in [-0.05, 0) is 76.2 Å². The van der Waals surface area contributed by atoms with Gasteiger partial charge in [0.2, 0.25) is 5.91 Å². The zero-order valence-electron chi connectivity index (χ0n) is 18.9. The third-order valence-corrected chi connectivity index (χ3v) is 6.04. The van der Waals surface area contributed by atoms with Crippen LogP contribution in [0.5, 0.6) is 0 Å². The Morgan fingerprint density at radius 1 is 1.10 bits per heavy atom. The summed E-state index contributed by atoms with van der Waals surface area (Å²) < 4.78 is 2.30. The number of unbranched alkanes of at least 4 members (excludes halogenated alkanes) is 1. The summed E-state index contributed by atoms with van der Waals surface area (Å²) in [7, 11) is 0. The number of likely N-dealkylation sites (tertiary alicyclic amines) is 1. The maximum Gasteiger partial charge on any atom is 0.220 e. The van der Waals surface area contributed by atoms with Crippen LogP contribution >= 0.6 is 0 Å². The van der Waals surface area contributed by atoms with Gasteiger partial charge in [-0.3, -0.25) is 9.79 Å². The number of para-hydroxylation sites is 1. The number of fused-ring (bicyclic) bond motifs is 1. The van der Waals surface area contributed by atoms with Crippen LogP contribution < -0.4 is 16.4 Å². The molecule has 1 aromatic heterocycles. The first-order valence-electron chi connectivity index (χ1n) is 11.7. The number of nitrogens with one attached hydrogen (secondary N) is 2. The number of guanidine groups is 1. The molecular formula is C24H38N6O. The quantitative estimate of drug-likeness (QED) is 0.293. The molecule has 0 unspecified atom stereocenters. The number of carbonyl (C=O) groups is 1. The second-order valence-corrected chi connectivity index (χ2v) is 8.33. The van der Waals surface area contributed by atoms with Crippen molar-refractivity contribution in [2.75, 3.05) is 39.3 Å². The van der Waals surface area contributed by atoms with Crippen molar-refractivity contribution < 1.29 is 4.79 Å². The van der Waals surface area contributed by atoms with Gasteiger partial charge in [-0.2, -0.15) is 0 Å². The van der Waals surface area contributed by atoms with Crippen molar-refractivity contribution in [2.45, 2.75) is 45.6 Å². The number of carbonyl (C=O) groups excluding carboxylic acids is 1. The van der Waals surface area contributed by atoms with Crippen LogP contribution in [0, 0.1) is 5.92 Å². The number of nitrogens with two attached hydrogens (primary N) is 1. The van der Waals surface area contributed by atoms with E-state index in [1.54, 1.807) is 0 Å². The maximum atomic E-state index is 11.3. The molecule has 4 N–H and O–H groups in total. The molecule has 1 saturated heterocycles. The van der Waals surface area contributed by atoms with E-state index in [9.17, 15) is 4.79 Å². The average Bonchev–Trinajstić information content (AvgIpc) is 3.20. The van der Waals surface area contributed by atoms with Crippen molar-refractivity contribution >= 4 is 22.8 Å². The fourth-order valence-electron chi connectivity index (χ4n) is 4.22. The fourth-order valence-corrected chi connectivity index (χ4v) is 4.22. The van der Waals surface area contributed by atoms with Crippen molar-refractivity contribution in [3.8, 4) is 0 Å². The lowest BCUT2D eigenvalue weighted by Gasteiger charge is -2.30. The molecule has 0 spiro atoms. The van der Waals surface area contributed by atoms with E-state index < -0.39 is 0 Å². The lowest BCUT2D eigenvalue weighted by Crippen LogP contribution is -2.39. The Balaban J connectivity index is 1.31. The first-order chi connectivity index (χ1) is 15.2. The van der Waals surface area contributed by atoms with E-state index in [2.05, 4.69) is 63.6 Å². The summed E-state index contributed by atoms with van der Waals surface area (Å²) in [5, 5.41) is 8.09. The molecule has 0 radical (unpaired) electrons. The number of hydrogen-bond donors (Lipinski definition) is 3. The van der Waals surface area contributed by atoms with Crippen molar-refractivity contribution in [3.05, 3.63) is 36.5 Å². The normalized spacial score (nSPS) is 16.0. The summed E-state index contributed by atoms with van der Waals surface area (Å²) >= 11 is 0. The number of amides is 1. The van der Waals surface area contributed by atoms with Gasteiger partial charge in [-0.25, -0.2) is 0 Å². The second kappa shape index (κ2) is 12.3. The SMILES string of the molecule is CCNC(=NCCCn1ccc2ccccc21)NCCCCN1CCC(C(N)=O)CC1. The minimum absolute atomic E-state index is 0.0769. The van der Waals surface area contributed by atoms with Crippen LogP contribution in [0.4, 0.5) is 0 Å². The van der Waals surface area contributed by atoms with E-state index in [0.717, 1.165) is 83.9 Å². The van der Waals surface area contributed by atoms with Gasteiger partial charge < -0.3 is 25.8 Å². The minimum Gasteiger partial charge on any atom is -0.369 e. The van der Waals surface area contributed by atoms with Crippen molar-refractivity contribution in [1.82, 2.24) is 20.1 Å². The van der Waals surface area contributed by atoms with E-state index >= 15 is 0 Å². The van der Waals surface area contributed by atoms with Crippen LogP contribution in [-0.2, 0) is 11.3 Å². The number of nitrogens with zero attached hydrogens (tertiary/aromatic N) is 3. The molecule has 3 rings (SSSR count). The molecule has 7 nitrogen and oxygen atoms in total. The van der Waals surface area contributed by atoms with Gasteiger partial charge in [0, 0.05) is 43.8 Å². The lowest BCUT2D eigenvalue weighted by atomic mass is 9.96. The summed E-state index contributed by atoms with van der Waals surface area (Å²) in [5.41, 5.74) is 6.70. The van der Waals surface area contributed by atoms with Gasteiger partial charge in [0.05, 0.1) is 0 Å². The number of aromatic nitrogens is 1. The molecule has 1 amide bonds. The predicted molar refractivity (Wildman–Crippen MR) is 128 cm³/mol. The van der Waals surface area contributed by atoms with Crippen LogP contribution in [0.15, 0.2) is 41.5 Å². The molecule has 170 valence electrons. The molecular weight excluding hydrogens is 388 g/mol. The Bertz CT molecular complexity index is 837. The van der Waals surface area contributed by atoms with E-state index in [-0.39, 0.29) is 11.8 Å². The number of rotatable bonds is 11. The highest BCUT2D eigenvalue weighted by Gasteiger charge is 2.22. The Kier molecular flexibility index (Phi) is 9.21. The summed E-state index contributed by atoms with van der Waals surface area (Å²) in [6.45, 7) is 8.72. The van der Waals surface area contributed by atoms with Gasteiger partial charge in [-0.15, -0.1) is 0 Å². The Morgan fingerprint density at radius 2 is 1.90 bits per heavy atom. The monoisotopic (exact) mass is 426 g/mol. The first-order valence-corrected chi connectivity index (χ1v) is 11.7. The molecule has 2 aromatic rings. The van der Waals surface area contributed by atoms with Crippen molar-refractivity contribution in [3.63, 3.8) is 0 Å². The summed E-state index contributed by atoms with van der Waals surface area (Å²) in [6, 6.07) is 10.7. The Morgan fingerprint density at radius 3 is 2.68 bits per heavy atom. The number of aryl methyl sites for hydroxylation is 1. The predicted octanol–water partition coefficient (Wildman–Crippen LogP) is 2.56. The largest absolute Gasteiger partial charge is 0.369 e. The number of primary amides is 1. The molecule has 1 aliphatic rings. The molecule has 2 heterocycles. The van der Waals surface area contributed by atoms with Gasteiger partial charge in [0.25, 0.3) is 0 Å². The van der Waals surface area contributed by atoms with Gasteiger partial charge in [0.1, 0.15) is 0 Å². The third kappa shape index (κ3) is 7.28. The number of piperidine rings is 1. The van der Waals surface area contributed by atoms with Crippen LogP contribution in [0.3, 0.4) is 0 Å². The summed E-state index contributed by atoms with van der Waals surface area (Å²) in [5.74, 6) is 0.843. The molecule has 7 heteroatoms. The molecule has 1 aromatic carbocycles. The standard InChI is InChI=1S/C24H38N6O/c1-2-26-24(27-13-5-6-15-29-17-10-21(11-18-29)23(25)31)28-14-7-16-30-19-12-20-8-3-4-9-22(20)30/h3-4,8-9,12,19,21H,2,5-7,10-11,13-18H2,1H3,(H2,25,31)(H2,26,27,28). The van der Waals surface area contributed by atoms with Gasteiger partial charge in [0.15, 0.2) is 5.96 Å². The van der Waals surface area contributed by atoms with Crippen molar-refractivity contribution in [2.24, 2.45) is 16.6 Å². The summed E-state index contributed by atoms with van der Waals surface area (Å²) in [4.78, 5) is 18.4. The van der Waals surface area contributed by atoms with Crippen LogP contribution in [0.1, 0.15) is 39.0 Å². The van der Waals surface area contributed by atoms with Crippen molar-refractivity contribution in [1.29, 1.82) is 0 Å².